The molecule has 0 spiro atoms. The summed E-state index contributed by atoms with van der Waals surface area (Å²) in [7, 11) is 1.72. The fourth-order valence-corrected chi connectivity index (χ4v) is 3.08. The zero-order valence-corrected chi connectivity index (χ0v) is 15.4. The maximum absolute atomic E-state index is 5.54. The predicted molar refractivity (Wildman–Crippen MR) is 92.4 cm³/mol. The van der Waals surface area contributed by atoms with E-state index < -0.39 is 0 Å². The lowest BCUT2D eigenvalue weighted by atomic mass is 10.2. The Morgan fingerprint density at radius 2 is 2.05 bits per heavy atom. The van der Waals surface area contributed by atoms with Gasteiger partial charge in [-0.25, -0.2) is 0 Å². The van der Waals surface area contributed by atoms with Gasteiger partial charge in [0.15, 0.2) is 5.75 Å². The molecule has 0 saturated carbocycles. The van der Waals surface area contributed by atoms with Crippen molar-refractivity contribution in [3.05, 3.63) is 11.9 Å². The molecular weight excluding hydrogens is 282 g/mol. The highest BCUT2D eigenvalue weighted by Gasteiger charge is 2.24. The summed E-state index contributed by atoms with van der Waals surface area (Å²) in [5, 5.41) is 8.16. The van der Waals surface area contributed by atoms with Gasteiger partial charge in [0.2, 0.25) is 0 Å². The van der Waals surface area contributed by atoms with Crippen molar-refractivity contribution in [2.24, 2.45) is 0 Å². The molecule has 0 radical (unpaired) electrons. The van der Waals surface area contributed by atoms with Crippen LogP contribution in [0.3, 0.4) is 0 Å². The second-order valence-corrected chi connectivity index (χ2v) is 8.41. The quantitative estimate of drug-likeness (QED) is 0.786. The Labute approximate surface area is 134 Å². The van der Waals surface area contributed by atoms with Crippen molar-refractivity contribution < 1.29 is 4.74 Å². The topological polar surface area (TPSA) is 39.1 Å². The molecule has 1 N–H and O–H groups in total. The number of aromatic nitrogens is 2. The summed E-state index contributed by atoms with van der Waals surface area (Å²) in [6, 6.07) is 0.587. The van der Waals surface area contributed by atoms with Crippen molar-refractivity contribution in [2.45, 2.75) is 64.8 Å². The molecule has 1 aromatic rings. The van der Waals surface area contributed by atoms with E-state index in [2.05, 4.69) is 56.6 Å². The first-order valence-electron chi connectivity index (χ1n) is 7.78. The van der Waals surface area contributed by atoms with Crippen LogP contribution < -0.4 is 10.1 Å². The van der Waals surface area contributed by atoms with Crippen LogP contribution in [0.4, 0.5) is 0 Å². The van der Waals surface area contributed by atoms with Crippen LogP contribution in [0.2, 0.25) is 0 Å². The molecule has 1 unspecified atom stereocenters. The van der Waals surface area contributed by atoms with E-state index in [-0.39, 0.29) is 10.8 Å². The molecule has 0 aliphatic carbocycles. The van der Waals surface area contributed by atoms with Crippen LogP contribution in [0, 0.1) is 0 Å². The number of hydrogen-bond acceptors (Lipinski definition) is 4. The summed E-state index contributed by atoms with van der Waals surface area (Å²) < 4.78 is 7.87. The first-order chi connectivity index (χ1) is 9.80. The number of methoxy groups -OCH3 is 1. The molecule has 4 nitrogen and oxygen atoms in total. The monoisotopic (exact) mass is 313 g/mol. The van der Waals surface area contributed by atoms with Gasteiger partial charge in [0.1, 0.15) is 0 Å². The number of hydrogen-bond donors (Lipinski definition) is 1. The van der Waals surface area contributed by atoms with E-state index in [1.54, 1.807) is 7.11 Å². The number of nitrogens with zero attached hydrogens (tertiary/aromatic N) is 2. The Bertz CT molecular complexity index is 424. The third-order valence-electron chi connectivity index (χ3n) is 3.16. The highest BCUT2D eigenvalue weighted by Crippen LogP contribution is 2.33. The van der Waals surface area contributed by atoms with Crippen LogP contribution >= 0.6 is 11.8 Å². The molecule has 0 saturated heterocycles. The Morgan fingerprint density at radius 3 is 2.52 bits per heavy atom. The van der Waals surface area contributed by atoms with Crippen LogP contribution in [0.25, 0.3) is 0 Å². The zero-order chi connectivity index (χ0) is 16.0. The average molecular weight is 314 g/mol. The fourth-order valence-electron chi connectivity index (χ4n) is 2.14. The minimum absolute atomic E-state index is 0.252. The molecule has 0 aliphatic heterocycles. The average Bonchev–Trinajstić information content (AvgIpc) is 2.81. The third kappa shape index (κ3) is 5.55. The Kier molecular flexibility index (Phi) is 7.07. The molecule has 1 heterocycles. The van der Waals surface area contributed by atoms with Gasteiger partial charge < -0.3 is 10.1 Å². The number of nitrogens with one attached hydrogen (secondary N) is 1. The molecule has 122 valence electrons. The van der Waals surface area contributed by atoms with E-state index in [0.717, 1.165) is 30.2 Å². The van der Waals surface area contributed by atoms with Crippen LogP contribution in [0.15, 0.2) is 6.20 Å². The maximum Gasteiger partial charge on any atom is 0.161 e. The van der Waals surface area contributed by atoms with Gasteiger partial charge in [0.05, 0.1) is 25.0 Å². The van der Waals surface area contributed by atoms with E-state index in [1.807, 2.05) is 18.0 Å². The molecule has 0 amide bonds. The van der Waals surface area contributed by atoms with Crippen molar-refractivity contribution in [2.75, 3.05) is 19.4 Å². The Hall–Kier alpha value is -0.680. The van der Waals surface area contributed by atoms with Gasteiger partial charge in [-0.2, -0.15) is 16.9 Å². The summed E-state index contributed by atoms with van der Waals surface area (Å²) in [5.74, 6) is 1.89. The lowest BCUT2D eigenvalue weighted by molar-refractivity contribution is 0.390. The second-order valence-electron chi connectivity index (χ2n) is 6.57. The van der Waals surface area contributed by atoms with Crippen molar-refractivity contribution in [3.63, 3.8) is 0 Å². The Morgan fingerprint density at radius 1 is 1.38 bits per heavy atom. The van der Waals surface area contributed by atoms with Gasteiger partial charge in [0, 0.05) is 16.5 Å². The van der Waals surface area contributed by atoms with Crippen LogP contribution in [-0.4, -0.2) is 33.9 Å². The van der Waals surface area contributed by atoms with E-state index in [0.29, 0.717) is 6.04 Å². The largest absolute Gasteiger partial charge is 0.493 e. The number of rotatable bonds is 8. The van der Waals surface area contributed by atoms with Gasteiger partial charge in [-0.3, -0.25) is 4.68 Å². The molecule has 5 heteroatoms. The normalized spacial score (nSPS) is 13.7. The molecular formula is C16H31N3OS. The zero-order valence-electron chi connectivity index (χ0n) is 14.6. The van der Waals surface area contributed by atoms with Gasteiger partial charge in [-0.1, -0.05) is 27.7 Å². The summed E-state index contributed by atoms with van der Waals surface area (Å²) in [4.78, 5) is 0. The van der Waals surface area contributed by atoms with Crippen molar-refractivity contribution >= 4 is 11.8 Å². The highest BCUT2D eigenvalue weighted by molar-refractivity contribution is 8.00. The third-order valence-corrected chi connectivity index (χ3v) is 4.53. The minimum Gasteiger partial charge on any atom is -0.493 e. The summed E-state index contributed by atoms with van der Waals surface area (Å²) in [6.45, 7) is 14.3. The smallest absolute Gasteiger partial charge is 0.161 e. The Balaban J connectivity index is 3.03. The molecule has 1 aromatic heterocycles. The van der Waals surface area contributed by atoms with Gasteiger partial charge >= 0.3 is 0 Å². The summed E-state index contributed by atoms with van der Waals surface area (Å²) in [5.41, 5.74) is 1.16. The van der Waals surface area contributed by atoms with Crippen LogP contribution in [-0.2, 0) is 0 Å². The molecule has 0 fully saturated rings. The summed E-state index contributed by atoms with van der Waals surface area (Å²) >= 11 is 1.97. The SMILES string of the molecule is CCCNC(CSC(C)(C)C)c1c(OC)cnn1C(C)C. The number of ether oxygens (including phenoxy) is 1. The first kappa shape index (κ1) is 18.4. The highest BCUT2D eigenvalue weighted by atomic mass is 32.2. The molecule has 1 rings (SSSR count). The first-order valence-corrected chi connectivity index (χ1v) is 8.77. The second kappa shape index (κ2) is 8.08. The molecule has 1 atom stereocenters. The standard InChI is InChI=1S/C16H31N3OS/c1-8-9-17-13(11-21-16(4,5)6)15-14(20-7)10-18-19(15)12(2)3/h10,12-13,17H,8-9,11H2,1-7H3. The van der Waals surface area contributed by atoms with Crippen molar-refractivity contribution in [3.8, 4) is 5.75 Å². The molecule has 21 heavy (non-hydrogen) atoms. The molecule has 0 aromatic carbocycles. The predicted octanol–water partition coefficient (Wildman–Crippen LogP) is 4.05. The maximum atomic E-state index is 5.54. The van der Waals surface area contributed by atoms with Gasteiger partial charge in [-0.15, -0.1) is 0 Å². The van der Waals surface area contributed by atoms with Crippen LogP contribution in [0.1, 0.15) is 65.7 Å². The van der Waals surface area contributed by atoms with Crippen LogP contribution in [0.5, 0.6) is 5.75 Å². The number of thioether (sulfide) groups is 1. The van der Waals surface area contributed by atoms with E-state index >= 15 is 0 Å². The molecule has 0 bridgehead atoms. The van der Waals surface area contributed by atoms with Gasteiger partial charge in [-0.05, 0) is 26.8 Å². The lowest BCUT2D eigenvalue weighted by Gasteiger charge is -2.26. The van der Waals surface area contributed by atoms with Crippen molar-refractivity contribution in [1.29, 1.82) is 0 Å². The lowest BCUT2D eigenvalue weighted by Crippen LogP contribution is -2.29. The van der Waals surface area contributed by atoms with E-state index in [4.69, 9.17) is 4.74 Å². The van der Waals surface area contributed by atoms with E-state index in [1.165, 1.54) is 0 Å². The van der Waals surface area contributed by atoms with Crippen molar-refractivity contribution in [1.82, 2.24) is 15.1 Å². The minimum atomic E-state index is 0.252. The molecule has 0 aliphatic rings. The summed E-state index contributed by atoms with van der Waals surface area (Å²) in [6.07, 6.45) is 2.95. The van der Waals surface area contributed by atoms with E-state index in [9.17, 15) is 0 Å². The van der Waals surface area contributed by atoms with Gasteiger partial charge in [0.25, 0.3) is 0 Å². The fraction of sp³-hybridized carbons (Fsp3) is 0.812.